The molecule has 0 aliphatic carbocycles. The SMILES string of the molecule is Nc1ccnc(NCc2cccnc2)n1. The Bertz CT molecular complexity index is 429. The highest BCUT2D eigenvalue weighted by Crippen LogP contribution is 2.03. The maximum absolute atomic E-state index is 5.52. The summed E-state index contributed by atoms with van der Waals surface area (Å²) in [6.07, 6.45) is 5.15. The van der Waals surface area contributed by atoms with Crippen molar-refractivity contribution < 1.29 is 0 Å². The molecule has 5 nitrogen and oxygen atoms in total. The summed E-state index contributed by atoms with van der Waals surface area (Å²) in [5.41, 5.74) is 6.60. The number of nitrogens with one attached hydrogen (secondary N) is 1. The Morgan fingerprint density at radius 1 is 1.27 bits per heavy atom. The maximum Gasteiger partial charge on any atom is 0.224 e. The molecule has 5 heteroatoms. The van der Waals surface area contributed by atoms with E-state index >= 15 is 0 Å². The van der Waals surface area contributed by atoms with Crippen LogP contribution in [0.4, 0.5) is 11.8 Å². The van der Waals surface area contributed by atoms with E-state index in [2.05, 4.69) is 20.3 Å². The molecule has 0 fully saturated rings. The summed E-state index contributed by atoms with van der Waals surface area (Å²) in [5, 5.41) is 3.06. The molecule has 3 N–H and O–H groups in total. The monoisotopic (exact) mass is 201 g/mol. The minimum absolute atomic E-state index is 0.457. The van der Waals surface area contributed by atoms with Gasteiger partial charge in [0.15, 0.2) is 0 Å². The van der Waals surface area contributed by atoms with E-state index in [-0.39, 0.29) is 0 Å². The number of nitrogen functional groups attached to an aromatic ring is 1. The fourth-order valence-electron chi connectivity index (χ4n) is 1.14. The first kappa shape index (κ1) is 9.39. The normalized spacial score (nSPS) is 9.87. The second kappa shape index (κ2) is 4.36. The molecule has 0 amide bonds. The van der Waals surface area contributed by atoms with Crippen molar-refractivity contribution in [2.75, 3.05) is 11.1 Å². The standard InChI is InChI=1S/C10H11N5/c11-9-3-5-13-10(15-9)14-7-8-2-1-4-12-6-8/h1-6H,7H2,(H3,11,13,14,15). The van der Waals surface area contributed by atoms with E-state index in [9.17, 15) is 0 Å². The maximum atomic E-state index is 5.52. The van der Waals surface area contributed by atoms with Gasteiger partial charge in [0.2, 0.25) is 5.95 Å². The molecule has 2 heterocycles. The van der Waals surface area contributed by atoms with Crippen molar-refractivity contribution in [3.8, 4) is 0 Å². The lowest BCUT2D eigenvalue weighted by molar-refractivity contribution is 1.04. The van der Waals surface area contributed by atoms with Gasteiger partial charge >= 0.3 is 0 Å². The molecule has 0 aliphatic heterocycles. The van der Waals surface area contributed by atoms with Crippen LogP contribution in [0, 0.1) is 0 Å². The molecule has 76 valence electrons. The molecular weight excluding hydrogens is 190 g/mol. The quantitative estimate of drug-likeness (QED) is 0.776. The van der Waals surface area contributed by atoms with Crippen molar-refractivity contribution in [1.82, 2.24) is 15.0 Å². The third kappa shape index (κ3) is 2.63. The average molecular weight is 201 g/mol. The van der Waals surface area contributed by atoms with Crippen LogP contribution >= 0.6 is 0 Å². The van der Waals surface area contributed by atoms with E-state index in [1.807, 2.05) is 12.1 Å². The van der Waals surface area contributed by atoms with Crippen LogP contribution in [-0.4, -0.2) is 15.0 Å². The highest BCUT2D eigenvalue weighted by Gasteiger charge is 1.96. The Labute approximate surface area is 87.4 Å². The first-order chi connectivity index (χ1) is 7.34. The van der Waals surface area contributed by atoms with Gasteiger partial charge < -0.3 is 11.1 Å². The van der Waals surface area contributed by atoms with Crippen molar-refractivity contribution in [2.45, 2.75) is 6.54 Å². The van der Waals surface area contributed by atoms with Crippen LogP contribution in [-0.2, 0) is 6.54 Å². The van der Waals surface area contributed by atoms with Crippen molar-refractivity contribution in [1.29, 1.82) is 0 Å². The van der Waals surface area contributed by atoms with Crippen LogP contribution in [0.5, 0.6) is 0 Å². The van der Waals surface area contributed by atoms with E-state index in [4.69, 9.17) is 5.73 Å². The third-order valence-electron chi connectivity index (χ3n) is 1.85. The Morgan fingerprint density at radius 3 is 2.93 bits per heavy atom. The fraction of sp³-hybridized carbons (Fsp3) is 0.100. The summed E-state index contributed by atoms with van der Waals surface area (Å²) in [4.78, 5) is 12.1. The molecule has 2 aromatic rings. The first-order valence-electron chi connectivity index (χ1n) is 4.56. The fourth-order valence-corrected chi connectivity index (χ4v) is 1.14. The van der Waals surface area contributed by atoms with Crippen LogP contribution in [0.2, 0.25) is 0 Å². The molecule has 0 saturated heterocycles. The minimum atomic E-state index is 0.457. The van der Waals surface area contributed by atoms with Gasteiger partial charge in [-0.1, -0.05) is 6.07 Å². The molecule has 0 bridgehead atoms. The van der Waals surface area contributed by atoms with Crippen LogP contribution < -0.4 is 11.1 Å². The summed E-state index contributed by atoms with van der Waals surface area (Å²) in [6, 6.07) is 5.51. The molecule has 0 radical (unpaired) electrons. The molecule has 2 rings (SSSR count). The van der Waals surface area contributed by atoms with Crippen molar-refractivity contribution in [3.63, 3.8) is 0 Å². The number of hydrogen-bond donors (Lipinski definition) is 2. The minimum Gasteiger partial charge on any atom is -0.384 e. The zero-order chi connectivity index (χ0) is 10.5. The predicted molar refractivity (Wildman–Crippen MR) is 58.0 cm³/mol. The first-order valence-corrected chi connectivity index (χ1v) is 4.56. The summed E-state index contributed by atoms with van der Waals surface area (Å²) in [6.45, 7) is 0.636. The topological polar surface area (TPSA) is 76.7 Å². The van der Waals surface area contributed by atoms with Gasteiger partial charge in [0.05, 0.1) is 0 Å². The molecule has 0 aliphatic rings. The Hall–Kier alpha value is -2.17. The number of anilines is 2. The Kier molecular flexibility index (Phi) is 2.73. The van der Waals surface area contributed by atoms with Gasteiger partial charge in [-0.15, -0.1) is 0 Å². The number of nitrogens with two attached hydrogens (primary N) is 1. The largest absolute Gasteiger partial charge is 0.384 e. The van der Waals surface area contributed by atoms with Gasteiger partial charge in [-0.25, -0.2) is 4.98 Å². The lowest BCUT2D eigenvalue weighted by Gasteiger charge is -2.04. The second-order valence-corrected chi connectivity index (χ2v) is 3.02. The van der Waals surface area contributed by atoms with Gasteiger partial charge in [-0.3, -0.25) is 4.98 Å². The van der Waals surface area contributed by atoms with Gasteiger partial charge in [0.25, 0.3) is 0 Å². The summed E-state index contributed by atoms with van der Waals surface area (Å²) in [7, 11) is 0. The molecular formula is C10H11N5. The molecule has 0 spiro atoms. The van der Waals surface area contributed by atoms with Crippen LogP contribution in [0.25, 0.3) is 0 Å². The Balaban J connectivity index is 1.99. The molecule has 2 aromatic heterocycles. The Morgan fingerprint density at radius 2 is 2.20 bits per heavy atom. The number of nitrogens with zero attached hydrogens (tertiary/aromatic N) is 3. The van der Waals surface area contributed by atoms with Gasteiger partial charge in [0.1, 0.15) is 5.82 Å². The van der Waals surface area contributed by atoms with Crippen LogP contribution in [0.1, 0.15) is 5.56 Å². The summed E-state index contributed by atoms with van der Waals surface area (Å²) >= 11 is 0. The summed E-state index contributed by atoms with van der Waals surface area (Å²) < 4.78 is 0. The number of aromatic nitrogens is 3. The predicted octanol–water partition coefficient (Wildman–Crippen LogP) is 1.07. The van der Waals surface area contributed by atoms with E-state index in [1.54, 1.807) is 24.7 Å². The van der Waals surface area contributed by atoms with Gasteiger partial charge in [-0.2, -0.15) is 4.98 Å². The van der Waals surface area contributed by atoms with Crippen molar-refractivity contribution >= 4 is 11.8 Å². The van der Waals surface area contributed by atoms with Crippen molar-refractivity contribution in [3.05, 3.63) is 42.4 Å². The highest BCUT2D eigenvalue weighted by molar-refractivity contribution is 5.35. The molecule has 0 atom stereocenters. The van der Waals surface area contributed by atoms with Gasteiger partial charge in [0, 0.05) is 25.1 Å². The zero-order valence-corrected chi connectivity index (χ0v) is 8.09. The van der Waals surface area contributed by atoms with E-state index < -0.39 is 0 Å². The molecule has 0 saturated carbocycles. The molecule has 0 unspecified atom stereocenters. The van der Waals surface area contributed by atoms with E-state index in [1.165, 1.54) is 0 Å². The number of pyridine rings is 1. The average Bonchev–Trinajstić information content (AvgIpc) is 2.28. The van der Waals surface area contributed by atoms with Crippen LogP contribution in [0.3, 0.4) is 0 Å². The smallest absolute Gasteiger partial charge is 0.224 e. The van der Waals surface area contributed by atoms with E-state index in [0.29, 0.717) is 18.3 Å². The second-order valence-electron chi connectivity index (χ2n) is 3.02. The van der Waals surface area contributed by atoms with Crippen molar-refractivity contribution in [2.24, 2.45) is 0 Å². The molecule has 15 heavy (non-hydrogen) atoms. The zero-order valence-electron chi connectivity index (χ0n) is 8.09. The van der Waals surface area contributed by atoms with E-state index in [0.717, 1.165) is 5.56 Å². The van der Waals surface area contributed by atoms with Gasteiger partial charge in [-0.05, 0) is 17.7 Å². The third-order valence-corrected chi connectivity index (χ3v) is 1.85. The lowest BCUT2D eigenvalue weighted by Crippen LogP contribution is -2.04. The number of rotatable bonds is 3. The highest BCUT2D eigenvalue weighted by atomic mass is 15.1. The number of hydrogen-bond acceptors (Lipinski definition) is 5. The van der Waals surface area contributed by atoms with Crippen LogP contribution in [0.15, 0.2) is 36.8 Å². The summed E-state index contributed by atoms with van der Waals surface area (Å²) in [5.74, 6) is 0.984. The molecule has 0 aromatic carbocycles. The lowest BCUT2D eigenvalue weighted by atomic mass is 10.3.